The fourth-order valence-electron chi connectivity index (χ4n) is 2.17. The summed E-state index contributed by atoms with van der Waals surface area (Å²) >= 11 is 0. The van der Waals surface area contributed by atoms with E-state index in [0.717, 1.165) is 18.6 Å². The maximum absolute atomic E-state index is 12.1. The highest BCUT2D eigenvalue weighted by Gasteiger charge is 2.34. The second-order valence-electron chi connectivity index (χ2n) is 5.36. The molecule has 1 aliphatic carbocycles. The van der Waals surface area contributed by atoms with Gasteiger partial charge in [-0.3, -0.25) is 4.79 Å². The van der Waals surface area contributed by atoms with Gasteiger partial charge in [0.25, 0.3) is 0 Å². The molecule has 2 N–H and O–H groups in total. The molecule has 20 heavy (non-hydrogen) atoms. The second-order valence-corrected chi connectivity index (χ2v) is 5.36. The van der Waals surface area contributed by atoms with Crippen molar-refractivity contribution in [3.8, 4) is 0 Å². The van der Waals surface area contributed by atoms with Crippen LogP contribution < -0.4 is 5.32 Å². The van der Waals surface area contributed by atoms with E-state index in [1.165, 1.54) is 4.90 Å². The van der Waals surface area contributed by atoms with Crippen molar-refractivity contribution in [2.45, 2.75) is 38.8 Å². The Morgan fingerprint density at radius 3 is 2.70 bits per heavy atom. The Bertz CT molecular complexity index is 493. The van der Waals surface area contributed by atoms with Gasteiger partial charge in [0.15, 0.2) is 0 Å². The molecule has 1 atom stereocenters. The van der Waals surface area contributed by atoms with E-state index in [9.17, 15) is 9.59 Å². The lowest BCUT2D eigenvalue weighted by Gasteiger charge is -2.22. The Hall–Kier alpha value is -1.98. The maximum atomic E-state index is 12.1. The molecule has 0 saturated heterocycles. The first-order valence-corrected chi connectivity index (χ1v) is 6.74. The first kappa shape index (κ1) is 14.4. The van der Waals surface area contributed by atoms with E-state index in [1.807, 2.05) is 19.1 Å². The van der Waals surface area contributed by atoms with Crippen molar-refractivity contribution in [3.05, 3.63) is 23.7 Å². The van der Waals surface area contributed by atoms with Crippen LogP contribution in [0.2, 0.25) is 0 Å². The third kappa shape index (κ3) is 4.01. The molecule has 0 radical (unpaired) electrons. The molecule has 6 heteroatoms. The van der Waals surface area contributed by atoms with E-state index in [1.54, 1.807) is 7.05 Å². The number of carboxylic acid groups (broad SMARTS) is 1. The number of hydrogen-bond acceptors (Lipinski definition) is 3. The van der Waals surface area contributed by atoms with Crippen LogP contribution in [0.4, 0.5) is 4.79 Å². The van der Waals surface area contributed by atoms with Gasteiger partial charge < -0.3 is 19.7 Å². The number of rotatable bonds is 6. The number of urea groups is 1. The number of nitrogens with zero attached hydrogens (tertiary/aromatic N) is 1. The minimum Gasteiger partial charge on any atom is -0.481 e. The monoisotopic (exact) mass is 280 g/mol. The summed E-state index contributed by atoms with van der Waals surface area (Å²) in [5.41, 5.74) is 0. The first-order chi connectivity index (χ1) is 9.45. The van der Waals surface area contributed by atoms with Crippen LogP contribution in [0.5, 0.6) is 0 Å². The quantitative estimate of drug-likeness (QED) is 0.834. The van der Waals surface area contributed by atoms with E-state index < -0.39 is 5.97 Å². The molecule has 1 fully saturated rings. The van der Waals surface area contributed by atoms with Crippen molar-refractivity contribution in [2.75, 3.05) is 7.05 Å². The predicted molar refractivity (Wildman–Crippen MR) is 72.2 cm³/mol. The Morgan fingerprint density at radius 1 is 1.50 bits per heavy atom. The summed E-state index contributed by atoms with van der Waals surface area (Å²) in [6.45, 7) is 2.21. The number of nitrogens with one attached hydrogen (secondary N) is 1. The van der Waals surface area contributed by atoms with Gasteiger partial charge in [-0.15, -0.1) is 0 Å². The topological polar surface area (TPSA) is 82.8 Å². The Balaban J connectivity index is 1.87. The van der Waals surface area contributed by atoms with E-state index >= 15 is 0 Å². The molecule has 2 rings (SSSR count). The molecule has 1 aliphatic rings. The lowest BCUT2D eigenvalue weighted by Crippen LogP contribution is -2.44. The average molecular weight is 280 g/mol. The molecule has 110 valence electrons. The van der Waals surface area contributed by atoms with Crippen LogP contribution in [-0.2, 0) is 11.3 Å². The largest absolute Gasteiger partial charge is 0.481 e. The van der Waals surface area contributed by atoms with Gasteiger partial charge in [-0.25, -0.2) is 4.79 Å². The van der Waals surface area contributed by atoms with Crippen LogP contribution in [0.25, 0.3) is 0 Å². The third-order valence-corrected chi connectivity index (χ3v) is 3.43. The van der Waals surface area contributed by atoms with Crippen LogP contribution in [0.3, 0.4) is 0 Å². The summed E-state index contributed by atoms with van der Waals surface area (Å²) in [6, 6.07) is 3.13. The highest BCUT2D eigenvalue weighted by molar-refractivity contribution is 5.75. The third-order valence-electron chi connectivity index (χ3n) is 3.43. The van der Waals surface area contributed by atoms with Crippen LogP contribution in [-0.4, -0.2) is 35.1 Å². The van der Waals surface area contributed by atoms with Gasteiger partial charge in [-0.2, -0.15) is 0 Å². The van der Waals surface area contributed by atoms with E-state index in [4.69, 9.17) is 9.52 Å². The molecular weight excluding hydrogens is 260 g/mol. The summed E-state index contributed by atoms with van der Waals surface area (Å²) in [7, 11) is 1.66. The number of aliphatic carboxylic acids is 1. The molecule has 2 amide bonds. The molecule has 0 aliphatic heterocycles. The summed E-state index contributed by atoms with van der Waals surface area (Å²) in [4.78, 5) is 24.4. The van der Waals surface area contributed by atoms with E-state index in [2.05, 4.69) is 5.32 Å². The lowest BCUT2D eigenvalue weighted by atomic mass is 10.1. The van der Waals surface area contributed by atoms with Gasteiger partial charge in [-0.05, 0) is 37.8 Å². The fourth-order valence-corrected chi connectivity index (χ4v) is 2.17. The van der Waals surface area contributed by atoms with Gasteiger partial charge >= 0.3 is 12.0 Å². The molecule has 0 bridgehead atoms. The molecule has 1 aromatic heterocycles. The SMILES string of the molecule is Cc1ccc(CN(C)C(=O)NC(CC(=O)O)C2CC2)o1. The average Bonchev–Trinajstić information content (AvgIpc) is 3.12. The molecule has 1 aromatic rings. The number of carboxylic acids is 1. The Kier molecular flexibility index (Phi) is 4.32. The van der Waals surface area contributed by atoms with Gasteiger partial charge in [-0.1, -0.05) is 0 Å². The van der Waals surface area contributed by atoms with Crippen molar-refractivity contribution in [1.82, 2.24) is 10.2 Å². The smallest absolute Gasteiger partial charge is 0.317 e. The second kappa shape index (κ2) is 5.98. The standard InChI is InChI=1S/C14H20N2O4/c1-9-3-6-11(20-9)8-16(2)14(19)15-12(7-13(17)18)10-4-5-10/h3,6,10,12H,4-5,7-8H2,1-2H3,(H,15,19)(H,17,18). The number of furan rings is 1. The van der Waals surface area contributed by atoms with Gasteiger partial charge in [0, 0.05) is 13.1 Å². The number of carbonyl (C=O) groups is 2. The van der Waals surface area contributed by atoms with E-state index in [-0.39, 0.29) is 18.5 Å². The molecule has 1 saturated carbocycles. The van der Waals surface area contributed by atoms with Crippen molar-refractivity contribution >= 4 is 12.0 Å². The summed E-state index contributed by atoms with van der Waals surface area (Å²) < 4.78 is 5.42. The van der Waals surface area contributed by atoms with Gasteiger partial charge in [0.2, 0.25) is 0 Å². The number of aryl methyl sites for hydroxylation is 1. The Labute approximate surface area is 117 Å². The number of hydrogen-bond donors (Lipinski definition) is 2. The van der Waals surface area contributed by atoms with Gasteiger partial charge in [0.1, 0.15) is 11.5 Å². The summed E-state index contributed by atoms with van der Waals surface area (Å²) in [6.07, 6.45) is 1.95. The van der Waals surface area contributed by atoms with Crippen LogP contribution in [0, 0.1) is 12.8 Å². The minimum atomic E-state index is -0.883. The summed E-state index contributed by atoms with van der Waals surface area (Å²) in [5.74, 6) is 0.928. The van der Waals surface area contributed by atoms with Crippen LogP contribution in [0.1, 0.15) is 30.8 Å². The van der Waals surface area contributed by atoms with Crippen molar-refractivity contribution in [2.24, 2.45) is 5.92 Å². The van der Waals surface area contributed by atoms with Crippen LogP contribution >= 0.6 is 0 Å². The molecule has 6 nitrogen and oxygen atoms in total. The van der Waals surface area contributed by atoms with Gasteiger partial charge in [0.05, 0.1) is 13.0 Å². The number of carbonyl (C=O) groups excluding carboxylic acids is 1. The van der Waals surface area contributed by atoms with Crippen molar-refractivity contribution in [1.29, 1.82) is 0 Å². The minimum absolute atomic E-state index is 0.0237. The van der Waals surface area contributed by atoms with Crippen LogP contribution in [0.15, 0.2) is 16.5 Å². The number of amides is 2. The van der Waals surface area contributed by atoms with Crippen molar-refractivity contribution in [3.63, 3.8) is 0 Å². The molecule has 1 unspecified atom stereocenters. The normalized spacial score (nSPS) is 15.7. The van der Waals surface area contributed by atoms with Crippen molar-refractivity contribution < 1.29 is 19.1 Å². The lowest BCUT2D eigenvalue weighted by molar-refractivity contribution is -0.137. The first-order valence-electron chi connectivity index (χ1n) is 6.74. The van der Waals surface area contributed by atoms with E-state index in [0.29, 0.717) is 18.2 Å². The fraction of sp³-hybridized carbons (Fsp3) is 0.571. The maximum Gasteiger partial charge on any atom is 0.317 e. The zero-order valence-corrected chi connectivity index (χ0v) is 11.8. The Morgan fingerprint density at radius 2 is 2.20 bits per heavy atom. The molecular formula is C14H20N2O4. The summed E-state index contributed by atoms with van der Waals surface area (Å²) in [5, 5.41) is 11.7. The zero-order valence-electron chi connectivity index (χ0n) is 11.8. The zero-order chi connectivity index (χ0) is 14.7. The predicted octanol–water partition coefficient (Wildman–Crippen LogP) is 1.98. The molecule has 0 aromatic carbocycles. The highest BCUT2D eigenvalue weighted by Crippen LogP contribution is 2.34. The molecule has 1 heterocycles. The molecule has 0 spiro atoms. The highest BCUT2D eigenvalue weighted by atomic mass is 16.4.